The second kappa shape index (κ2) is 7.18. The van der Waals surface area contributed by atoms with Crippen molar-refractivity contribution in [3.8, 4) is 0 Å². The largest absolute Gasteiger partial charge is 0.376 e. The number of fused-ring (bicyclic) bond motifs is 1. The fourth-order valence-corrected chi connectivity index (χ4v) is 2.97. The van der Waals surface area contributed by atoms with Crippen LogP contribution >= 0.6 is 0 Å². The Morgan fingerprint density at radius 2 is 1.71 bits per heavy atom. The summed E-state index contributed by atoms with van der Waals surface area (Å²) in [4.78, 5) is 12.4. The summed E-state index contributed by atoms with van der Waals surface area (Å²) in [6.07, 6.45) is 0.939. The summed E-state index contributed by atoms with van der Waals surface area (Å²) in [5.41, 5.74) is 4.30. The molecule has 24 heavy (non-hydrogen) atoms. The van der Waals surface area contributed by atoms with Crippen molar-refractivity contribution in [3.05, 3.63) is 71.8 Å². The Labute approximate surface area is 142 Å². The van der Waals surface area contributed by atoms with Gasteiger partial charge in [-0.15, -0.1) is 0 Å². The normalized spacial score (nSPS) is 10.6. The molecule has 3 heteroatoms. The molecule has 0 aromatic heterocycles. The number of nitrogens with one attached hydrogen (secondary N) is 2. The number of aryl methyl sites for hydroxylation is 2. The summed E-state index contributed by atoms with van der Waals surface area (Å²) in [6, 6.07) is 20.2. The van der Waals surface area contributed by atoms with Gasteiger partial charge >= 0.3 is 0 Å². The van der Waals surface area contributed by atoms with E-state index in [1.54, 1.807) is 0 Å². The van der Waals surface area contributed by atoms with Crippen LogP contribution < -0.4 is 10.6 Å². The molecule has 0 radical (unpaired) electrons. The lowest BCUT2D eigenvalue weighted by atomic mass is 10.1. The molecule has 1 amide bonds. The number of hydrogen-bond donors (Lipinski definition) is 2. The smallest absolute Gasteiger partial charge is 0.243 e. The van der Waals surface area contributed by atoms with Gasteiger partial charge in [0.2, 0.25) is 5.91 Å². The van der Waals surface area contributed by atoms with Gasteiger partial charge in [0.15, 0.2) is 0 Å². The van der Waals surface area contributed by atoms with Gasteiger partial charge in [-0.3, -0.25) is 4.79 Å². The van der Waals surface area contributed by atoms with E-state index < -0.39 is 0 Å². The summed E-state index contributed by atoms with van der Waals surface area (Å²) >= 11 is 0. The molecular weight excluding hydrogens is 296 g/mol. The topological polar surface area (TPSA) is 41.1 Å². The second-order valence-corrected chi connectivity index (χ2v) is 5.89. The Kier molecular flexibility index (Phi) is 4.80. The molecule has 0 saturated heterocycles. The molecule has 0 fully saturated rings. The molecule has 0 spiro atoms. The predicted octanol–water partition coefficient (Wildman–Crippen LogP) is 4.76. The molecule has 122 valence electrons. The molecule has 3 aromatic rings. The lowest BCUT2D eigenvalue weighted by Gasteiger charge is -2.14. The van der Waals surface area contributed by atoms with Crippen molar-refractivity contribution in [2.75, 3.05) is 17.2 Å². The number of para-hydroxylation sites is 1. The van der Waals surface area contributed by atoms with Crippen molar-refractivity contribution >= 4 is 28.1 Å². The van der Waals surface area contributed by atoms with Crippen LogP contribution in [0.4, 0.5) is 11.4 Å². The first-order valence-electron chi connectivity index (χ1n) is 8.29. The third-order valence-corrected chi connectivity index (χ3v) is 4.23. The molecule has 0 unspecified atom stereocenters. The lowest BCUT2D eigenvalue weighted by Crippen LogP contribution is -2.22. The number of carbonyl (C=O) groups excluding carboxylic acids is 1. The minimum absolute atomic E-state index is 0.0448. The highest BCUT2D eigenvalue weighted by Gasteiger charge is 2.08. The van der Waals surface area contributed by atoms with E-state index in [4.69, 9.17) is 0 Å². The monoisotopic (exact) mass is 318 g/mol. The first kappa shape index (κ1) is 16.1. The van der Waals surface area contributed by atoms with Crippen LogP contribution in [-0.2, 0) is 11.2 Å². The van der Waals surface area contributed by atoms with Gasteiger partial charge in [0.05, 0.1) is 6.54 Å². The maximum absolute atomic E-state index is 12.4. The van der Waals surface area contributed by atoms with Crippen LogP contribution in [0.3, 0.4) is 0 Å². The van der Waals surface area contributed by atoms with E-state index in [1.165, 1.54) is 5.56 Å². The lowest BCUT2D eigenvalue weighted by molar-refractivity contribution is -0.114. The van der Waals surface area contributed by atoms with Crippen LogP contribution in [0.25, 0.3) is 10.8 Å². The SMILES string of the molecule is CCc1cccc(C)c1NCC(=O)Nc1cccc2ccccc12. The fourth-order valence-electron chi connectivity index (χ4n) is 2.97. The highest BCUT2D eigenvalue weighted by Crippen LogP contribution is 2.23. The van der Waals surface area contributed by atoms with Gasteiger partial charge in [-0.05, 0) is 35.9 Å². The molecular formula is C21H22N2O. The number of rotatable bonds is 5. The summed E-state index contributed by atoms with van der Waals surface area (Å²) in [7, 11) is 0. The van der Waals surface area contributed by atoms with E-state index in [0.29, 0.717) is 0 Å². The van der Waals surface area contributed by atoms with E-state index >= 15 is 0 Å². The molecule has 0 atom stereocenters. The van der Waals surface area contributed by atoms with Crippen LogP contribution in [0.1, 0.15) is 18.1 Å². The van der Waals surface area contributed by atoms with E-state index in [1.807, 2.05) is 42.5 Å². The van der Waals surface area contributed by atoms with Crippen molar-refractivity contribution in [2.24, 2.45) is 0 Å². The van der Waals surface area contributed by atoms with Crippen molar-refractivity contribution in [2.45, 2.75) is 20.3 Å². The Morgan fingerprint density at radius 3 is 2.54 bits per heavy atom. The molecule has 0 saturated carbocycles. The predicted molar refractivity (Wildman–Crippen MR) is 102 cm³/mol. The molecule has 0 aliphatic rings. The zero-order chi connectivity index (χ0) is 16.9. The molecule has 3 aromatic carbocycles. The van der Waals surface area contributed by atoms with Crippen LogP contribution in [0.2, 0.25) is 0 Å². The first-order chi connectivity index (χ1) is 11.7. The van der Waals surface area contributed by atoms with E-state index in [-0.39, 0.29) is 12.5 Å². The third-order valence-electron chi connectivity index (χ3n) is 4.23. The zero-order valence-corrected chi connectivity index (χ0v) is 14.1. The number of carbonyl (C=O) groups is 1. The van der Waals surface area contributed by atoms with Crippen molar-refractivity contribution in [3.63, 3.8) is 0 Å². The Balaban J connectivity index is 1.72. The minimum atomic E-state index is -0.0448. The molecule has 0 aliphatic heterocycles. The van der Waals surface area contributed by atoms with Gasteiger partial charge in [-0.1, -0.05) is 61.5 Å². The minimum Gasteiger partial charge on any atom is -0.376 e. The summed E-state index contributed by atoms with van der Waals surface area (Å²) < 4.78 is 0. The first-order valence-corrected chi connectivity index (χ1v) is 8.29. The van der Waals surface area contributed by atoms with Crippen LogP contribution in [0.15, 0.2) is 60.7 Å². The fraction of sp³-hybridized carbons (Fsp3) is 0.190. The van der Waals surface area contributed by atoms with E-state index in [0.717, 1.165) is 34.1 Å². The molecule has 0 aliphatic carbocycles. The van der Waals surface area contributed by atoms with Crippen LogP contribution in [0.5, 0.6) is 0 Å². The van der Waals surface area contributed by atoms with Gasteiger partial charge in [0.25, 0.3) is 0 Å². The zero-order valence-electron chi connectivity index (χ0n) is 14.1. The average molecular weight is 318 g/mol. The molecule has 2 N–H and O–H groups in total. The maximum atomic E-state index is 12.4. The average Bonchev–Trinajstić information content (AvgIpc) is 2.61. The maximum Gasteiger partial charge on any atom is 0.243 e. The Morgan fingerprint density at radius 1 is 0.958 bits per heavy atom. The molecule has 3 nitrogen and oxygen atoms in total. The summed E-state index contributed by atoms with van der Waals surface area (Å²) in [6.45, 7) is 4.43. The van der Waals surface area contributed by atoms with E-state index in [2.05, 4.69) is 42.7 Å². The van der Waals surface area contributed by atoms with Crippen LogP contribution in [0, 0.1) is 6.92 Å². The van der Waals surface area contributed by atoms with Crippen LogP contribution in [-0.4, -0.2) is 12.5 Å². The summed E-state index contributed by atoms with van der Waals surface area (Å²) in [5.74, 6) is -0.0448. The highest BCUT2D eigenvalue weighted by molar-refractivity contribution is 6.03. The van der Waals surface area contributed by atoms with E-state index in [9.17, 15) is 4.79 Å². The third kappa shape index (κ3) is 3.40. The summed E-state index contributed by atoms with van der Waals surface area (Å²) in [5, 5.41) is 8.47. The number of amides is 1. The van der Waals surface area contributed by atoms with Crippen molar-refractivity contribution < 1.29 is 4.79 Å². The second-order valence-electron chi connectivity index (χ2n) is 5.89. The quantitative estimate of drug-likeness (QED) is 0.712. The van der Waals surface area contributed by atoms with Gasteiger partial charge in [0, 0.05) is 16.8 Å². The Bertz CT molecular complexity index is 865. The molecule has 0 bridgehead atoms. The van der Waals surface area contributed by atoms with Gasteiger partial charge in [0.1, 0.15) is 0 Å². The van der Waals surface area contributed by atoms with Gasteiger partial charge in [-0.25, -0.2) is 0 Å². The number of benzene rings is 3. The number of hydrogen-bond acceptors (Lipinski definition) is 2. The van der Waals surface area contributed by atoms with Gasteiger partial charge in [-0.2, -0.15) is 0 Å². The van der Waals surface area contributed by atoms with Crippen molar-refractivity contribution in [1.82, 2.24) is 0 Å². The Hall–Kier alpha value is -2.81. The highest BCUT2D eigenvalue weighted by atomic mass is 16.1. The van der Waals surface area contributed by atoms with Crippen molar-refractivity contribution in [1.29, 1.82) is 0 Å². The molecule has 0 heterocycles. The molecule has 3 rings (SSSR count). The van der Waals surface area contributed by atoms with Gasteiger partial charge < -0.3 is 10.6 Å². The number of anilines is 2. The standard InChI is InChI=1S/C21H22N2O/c1-3-16-10-6-8-15(2)21(16)22-14-20(24)23-19-13-7-11-17-9-4-5-12-18(17)19/h4-13,22H,3,14H2,1-2H3,(H,23,24).